The third-order valence-corrected chi connectivity index (χ3v) is 4.92. The molecule has 106 valence electrons. The molecule has 4 nitrogen and oxygen atoms in total. The summed E-state index contributed by atoms with van der Waals surface area (Å²) in [5.74, 6) is 0.376. The van der Waals surface area contributed by atoms with E-state index in [9.17, 15) is 10.1 Å². The van der Waals surface area contributed by atoms with Crippen LogP contribution in [0.1, 0.15) is 39.8 Å². The first-order valence-electron chi connectivity index (χ1n) is 6.96. The maximum absolute atomic E-state index is 12.2. The van der Waals surface area contributed by atoms with Crippen LogP contribution in [0.3, 0.4) is 0 Å². The first-order valence-corrected chi connectivity index (χ1v) is 7.77. The van der Waals surface area contributed by atoms with Gasteiger partial charge >= 0.3 is 0 Å². The molecule has 0 saturated heterocycles. The summed E-state index contributed by atoms with van der Waals surface area (Å²) < 4.78 is 0. The fourth-order valence-electron chi connectivity index (χ4n) is 2.62. The number of amides is 1. The highest BCUT2D eigenvalue weighted by molar-refractivity contribution is 7.16. The van der Waals surface area contributed by atoms with Crippen molar-refractivity contribution in [3.8, 4) is 6.07 Å². The molecule has 1 N–H and O–H groups in total. The SMILES string of the molecule is CC1CCc2c(sc(NC(=O)c3ccccn3)c2C#N)C1. The van der Waals surface area contributed by atoms with Gasteiger partial charge in [0.25, 0.3) is 5.91 Å². The standard InChI is InChI=1S/C16H15N3OS/c1-10-5-6-11-12(9-17)16(21-14(11)8-10)19-15(20)13-4-2-3-7-18-13/h2-4,7,10H,5-6,8H2,1H3,(H,19,20). The Bertz CT molecular complexity index is 715. The number of nitrogens with one attached hydrogen (secondary N) is 1. The van der Waals surface area contributed by atoms with Crippen LogP contribution in [0.5, 0.6) is 0 Å². The molecule has 0 fully saturated rings. The Morgan fingerprint density at radius 2 is 2.38 bits per heavy atom. The average molecular weight is 297 g/mol. The van der Waals surface area contributed by atoms with Crippen LogP contribution in [0.15, 0.2) is 24.4 Å². The minimum absolute atomic E-state index is 0.265. The lowest BCUT2D eigenvalue weighted by atomic mass is 9.89. The van der Waals surface area contributed by atoms with Crippen LogP contribution >= 0.6 is 11.3 Å². The molecule has 1 atom stereocenters. The van der Waals surface area contributed by atoms with E-state index in [2.05, 4.69) is 23.3 Å². The van der Waals surface area contributed by atoms with Crippen LogP contribution in [0, 0.1) is 17.2 Å². The lowest BCUT2D eigenvalue weighted by Crippen LogP contribution is -2.13. The highest BCUT2D eigenvalue weighted by atomic mass is 32.1. The highest BCUT2D eigenvalue weighted by Crippen LogP contribution is 2.39. The van der Waals surface area contributed by atoms with Crippen LogP contribution in [-0.4, -0.2) is 10.9 Å². The van der Waals surface area contributed by atoms with Crippen molar-refractivity contribution in [1.82, 2.24) is 4.98 Å². The number of nitriles is 1. The normalized spacial score (nSPS) is 16.9. The first-order chi connectivity index (χ1) is 10.2. The molecule has 2 aromatic heterocycles. The third kappa shape index (κ3) is 2.67. The van der Waals surface area contributed by atoms with Gasteiger partial charge < -0.3 is 5.32 Å². The summed E-state index contributed by atoms with van der Waals surface area (Å²) in [6, 6.07) is 7.45. The van der Waals surface area contributed by atoms with Crippen LogP contribution in [0.4, 0.5) is 5.00 Å². The van der Waals surface area contributed by atoms with E-state index in [4.69, 9.17) is 0 Å². The maximum atomic E-state index is 12.2. The summed E-state index contributed by atoms with van der Waals surface area (Å²) in [5.41, 5.74) is 2.12. The number of hydrogen-bond acceptors (Lipinski definition) is 4. The highest BCUT2D eigenvalue weighted by Gasteiger charge is 2.24. The number of carbonyl (C=O) groups excluding carboxylic acids is 1. The topological polar surface area (TPSA) is 65.8 Å². The average Bonchev–Trinajstić information content (AvgIpc) is 2.84. The van der Waals surface area contributed by atoms with Gasteiger partial charge in [-0.05, 0) is 42.9 Å². The molecule has 1 amide bonds. The Morgan fingerprint density at radius 1 is 1.52 bits per heavy atom. The Kier molecular flexibility index (Phi) is 3.72. The van der Waals surface area contributed by atoms with E-state index in [0.717, 1.165) is 24.8 Å². The largest absolute Gasteiger partial charge is 0.311 e. The number of nitrogens with zero attached hydrogens (tertiary/aromatic N) is 2. The van der Waals surface area contributed by atoms with Gasteiger partial charge in [-0.3, -0.25) is 9.78 Å². The van der Waals surface area contributed by atoms with Gasteiger partial charge in [0.05, 0.1) is 5.56 Å². The van der Waals surface area contributed by atoms with Crippen molar-refractivity contribution in [2.24, 2.45) is 5.92 Å². The van der Waals surface area contributed by atoms with E-state index >= 15 is 0 Å². The number of fused-ring (bicyclic) bond motifs is 1. The second kappa shape index (κ2) is 5.66. The van der Waals surface area contributed by atoms with Crippen LogP contribution < -0.4 is 5.32 Å². The van der Waals surface area contributed by atoms with E-state index in [0.29, 0.717) is 22.2 Å². The number of rotatable bonds is 2. The van der Waals surface area contributed by atoms with Gasteiger partial charge in [-0.1, -0.05) is 13.0 Å². The van der Waals surface area contributed by atoms with Crippen LogP contribution in [0.25, 0.3) is 0 Å². The smallest absolute Gasteiger partial charge is 0.274 e. The van der Waals surface area contributed by atoms with Gasteiger partial charge in [-0.2, -0.15) is 5.26 Å². The molecule has 1 aliphatic rings. The van der Waals surface area contributed by atoms with Gasteiger partial charge in [0.15, 0.2) is 0 Å². The van der Waals surface area contributed by atoms with E-state index in [1.165, 1.54) is 16.2 Å². The third-order valence-electron chi connectivity index (χ3n) is 3.75. The summed E-state index contributed by atoms with van der Waals surface area (Å²) in [6.45, 7) is 2.22. The first kappa shape index (κ1) is 13.8. The summed E-state index contributed by atoms with van der Waals surface area (Å²) >= 11 is 1.53. The lowest BCUT2D eigenvalue weighted by molar-refractivity contribution is 0.102. The van der Waals surface area contributed by atoms with Gasteiger partial charge in [0.1, 0.15) is 16.8 Å². The van der Waals surface area contributed by atoms with Crippen molar-refractivity contribution in [1.29, 1.82) is 5.26 Å². The maximum Gasteiger partial charge on any atom is 0.274 e. The minimum atomic E-state index is -0.265. The second-order valence-electron chi connectivity index (χ2n) is 5.34. The van der Waals surface area contributed by atoms with E-state index in [1.807, 2.05) is 0 Å². The quantitative estimate of drug-likeness (QED) is 0.924. The Balaban J connectivity index is 1.90. The van der Waals surface area contributed by atoms with Gasteiger partial charge in [-0.25, -0.2) is 0 Å². The molecule has 3 rings (SSSR count). The van der Waals surface area contributed by atoms with E-state index < -0.39 is 0 Å². The Morgan fingerprint density at radius 3 is 3.10 bits per heavy atom. The molecule has 0 saturated carbocycles. The molecular weight excluding hydrogens is 282 g/mol. The van der Waals surface area contributed by atoms with Crippen LogP contribution in [-0.2, 0) is 12.8 Å². The Hall–Kier alpha value is -2.19. The van der Waals surface area contributed by atoms with Crippen molar-refractivity contribution in [2.75, 3.05) is 5.32 Å². The summed E-state index contributed by atoms with van der Waals surface area (Å²) in [7, 11) is 0. The fourth-order valence-corrected chi connectivity index (χ4v) is 3.98. The molecule has 0 spiro atoms. The Labute approximate surface area is 127 Å². The molecular formula is C16H15N3OS. The monoisotopic (exact) mass is 297 g/mol. The second-order valence-corrected chi connectivity index (χ2v) is 6.44. The number of aromatic nitrogens is 1. The van der Waals surface area contributed by atoms with Crippen molar-refractivity contribution in [3.63, 3.8) is 0 Å². The zero-order valence-electron chi connectivity index (χ0n) is 11.7. The number of anilines is 1. The number of thiophene rings is 1. The number of hydrogen-bond donors (Lipinski definition) is 1. The zero-order chi connectivity index (χ0) is 14.8. The molecule has 2 aromatic rings. The number of pyridine rings is 1. The van der Waals surface area contributed by atoms with Crippen molar-refractivity contribution < 1.29 is 4.79 Å². The molecule has 0 aromatic carbocycles. The molecule has 1 unspecified atom stereocenters. The van der Waals surface area contributed by atoms with Crippen LogP contribution in [0.2, 0.25) is 0 Å². The van der Waals surface area contributed by atoms with Crippen molar-refractivity contribution in [2.45, 2.75) is 26.2 Å². The van der Waals surface area contributed by atoms with Gasteiger partial charge in [0, 0.05) is 11.1 Å². The predicted molar refractivity (Wildman–Crippen MR) is 82.4 cm³/mol. The number of carbonyl (C=O) groups is 1. The molecule has 0 aliphatic heterocycles. The summed E-state index contributed by atoms with van der Waals surface area (Å²) in [6.07, 6.45) is 4.61. The predicted octanol–water partition coefficient (Wildman–Crippen LogP) is 3.39. The molecule has 0 bridgehead atoms. The summed E-state index contributed by atoms with van der Waals surface area (Å²) in [5, 5.41) is 12.9. The van der Waals surface area contributed by atoms with Gasteiger partial charge in [0.2, 0.25) is 0 Å². The molecule has 0 radical (unpaired) electrons. The van der Waals surface area contributed by atoms with E-state index in [1.54, 1.807) is 24.4 Å². The summed E-state index contributed by atoms with van der Waals surface area (Å²) in [4.78, 5) is 17.5. The minimum Gasteiger partial charge on any atom is -0.311 e. The van der Waals surface area contributed by atoms with Crippen molar-refractivity contribution >= 4 is 22.2 Å². The fraction of sp³-hybridized carbons (Fsp3) is 0.312. The molecule has 5 heteroatoms. The molecule has 21 heavy (non-hydrogen) atoms. The molecule has 1 aliphatic carbocycles. The van der Waals surface area contributed by atoms with Gasteiger partial charge in [-0.15, -0.1) is 11.3 Å². The molecule has 2 heterocycles. The van der Waals surface area contributed by atoms with Crippen molar-refractivity contribution in [3.05, 3.63) is 46.1 Å². The lowest BCUT2D eigenvalue weighted by Gasteiger charge is -2.17. The van der Waals surface area contributed by atoms with E-state index in [-0.39, 0.29) is 5.91 Å². The zero-order valence-corrected chi connectivity index (χ0v) is 12.5.